The van der Waals surface area contributed by atoms with E-state index in [2.05, 4.69) is 4.98 Å². The van der Waals surface area contributed by atoms with Crippen molar-refractivity contribution in [2.24, 2.45) is 5.92 Å². The molecule has 0 radical (unpaired) electrons. The van der Waals surface area contributed by atoms with E-state index in [0.29, 0.717) is 49.8 Å². The zero-order valence-electron chi connectivity index (χ0n) is 19.3. The first kappa shape index (κ1) is 25.1. The van der Waals surface area contributed by atoms with Gasteiger partial charge in [0.15, 0.2) is 5.16 Å². The lowest BCUT2D eigenvalue weighted by atomic mass is 9.97. The minimum atomic E-state index is -4.46. The number of aromatic nitrogens is 2. The van der Waals surface area contributed by atoms with Crippen molar-refractivity contribution in [1.82, 2.24) is 14.5 Å². The van der Waals surface area contributed by atoms with Crippen LogP contribution in [0.2, 0.25) is 0 Å². The zero-order chi connectivity index (χ0) is 25.0. The normalized spacial score (nSPS) is 14.9. The number of rotatable bonds is 7. The highest BCUT2D eigenvalue weighted by Gasteiger charge is 2.31. The summed E-state index contributed by atoms with van der Waals surface area (Å²) in [6.45, 7) is 3.46. The second-order valence-corrected chi connectivity index (χ2v) is 9.31. The van der Waals surface area contributed by atoms with Gasteiger partial charge in [-0.3, -0.25) is 9.59 Å². The smallest absolute Gasteiger partial charge is 0.416 e. The molecule has 1 amide bonds. The Morgan fingerprint density at radius 1 is 1.11 bits per heavy atom. The fraction of sp³-hybridized carbons (Fsp3) is 0.400. The number of likely N-dealkylation sites (tertiary alicyclic amines) is 1. The summed E-state index contributed by atoms with van der Waals surface area (Å²) < 4.78 is 46.6. The predicted octanol–water partition coefficient (Wildman–Crippen LogP) is 5.00. The van der Waals surface area contributed by atoms with Crippen LogP contribution in [0.1, 0.15) is 30.9 Å². The number of halogens is 3. The van der Waals surface area contributed by atoms with Crippen LogP contribution in [0.15, 0.2) is 53.7 Å². The predicted molar refractivity (Wildman–Crippen MR) is 127 cm³/mol. The molecule has 0 bridgehead atoms. The molecule has 0 atom stereocenters. The summed E-state index contributed by atoms with van der Waals surface area (Å²) in [6, 6.07) is 13.1. The van der Waals surface area contributed by atoms with E-state index in [1.807, 2.05) is 34.9 Å². The van der Waals surface area contributed by atoms with Gasteiger partial charge in [0.1, 0.15) is 0 Å². The first-order chi connectivity index (χ1) is 16.8. The molecule has 6 nitrogen and oxygen atoms in total. The Labute approximate surface area is 205 Å². The molecule has 2 heterocycles. The highest BCUT2D eigenvalue weighted by molar-refractivity contribution is 7.99. The van der Waals surface area contributed by atoms with Gasteiger partial charge in [-0.2, -0.15) is 13.2 Å². The van der Waals surface area contributed by atoms with Crippen LogP contribution in [0.4, 0.5) is 13.2 Å². The van der Waals surface area contributed by atoms with Crippen molar-refractivity contribution < 1.29 is 27.5 Å². The van der Waals surface area contributed by atoms with Gasteiger partial charge in [-0.15, -0.1) is 0 Å². The van der Waals surface area contributed by atoms with E-state index in [0.717, 1.165) is 17.7 Å². The molecule has 0 saturated carbocycles. The van der Waals surface area contributed by atoms with Gasteiger partial charge in [0.25, 0.3) is 0 Å². The number of alkyl halides is 3. The van der Waals surface area contributed by atoms with Crippen molar-refractivity contribution in [3.8, 4) is 0 Å². The van der Waals surface area contributed by atoms with Crippen molar-refractivity contribution in [2.45, 2.75) is 37.6 Å². The summed E-state index contributed by atoms with van der Waals surface area (Å²) in [5, 5.41) is 0.484. The van der Waals surface area contributed by atoms with E-state index in [1.165, 1.54) is 17.8 Å². The van der Waals surface area contributed by atoms with E-state index in [9.17, 15) is 22.8 Å². The first-order valence-corrected chi connectivity index (χ1v) is 12.4. The number of imidazole rings is 1. The number of piperidine rings is 1. The van der Waals surface area contributed by atoms with Gasteiger partial charge in [-0.25, -0.2) is 4.98 Å². The first-order valence-electron chi connectivity index (χ1n) is 11.4. The summed E-state index contributed by atoms with van der Waals surface area (Å²) in [6.07, 6.45) is -3.35. The van der Waals surface area contributed by atoms with Crippen molar-refractivity contribution in [1.29, 1.82) is 0 Å². The third-order valence-electron chi connectivity index (χ3n) is 6.02. The Morgan fingerprint density at radius 2 is 1.83 bits per heavy atom. The Bertz CT molecular complexity index is 1190. The third-order valence-corrected chi connectivity index (χ3v) is 6.98. The number of hydrogen-bond acceptors (Lipinski definition) is 5. The fourth-order valence-corrected chi connectivity index (χ4v) is 5.07. The van der Waals surface area contributed by atoms with Gasteiger partial charge < -0.3 is 14.2 Å². The summed E-state index contributed by atoms with van der Waals surface area (Å²) in [5.41, 5.74) is 1.03. The second-order valence-electron chi connectivity index (χ2n) is 8.36. The molecule has 0 unspecified atom stereocenters. The molecule has 1 aliphatic rings. The molecule has 0 spiro atoms. The number of carbonyl (C=O) groups excluding carboxylic acids is 2. The van der Waals surface area contributed by atoms with E-state index in [-0.39, 0.29) is 29.1 Å². The minimum Gasteiger partial charge on any atom is -0.466 e. The maximum Gasteiger partial charge on any atom is 0.416 e. The maximum atomic E-state index is 13.2. The number of thioether (sulfide) groups is 1. The minimum absolute atomic E-state index is 0.0911. The van der Waals surface area contributed by atoms with Gasteiger partial charge in [0.05, 0.1) is 41.4 Å². The fourth-order valence-electron chi connectivity index (χ4n) is 4.16. The molecule has 35 heavy (non-hydrogen) atoms. The van der Waals surface area contributed by atoms with Crippen molar-refractivity contribution in [3.63, 3.8) is 0 Å². The third kappa shape index (κ3) is 5.98. The van der Waals surface area contributed by atoms with Crippen molar-refractivity contribution >= 4 is 34.7 Å². The van der Waals surface area contributed by atoms with Crippen LogP contribution < -0.4 is 0 Å². The van der Waals surface area contributed by atoms with Gasteiger partial charge in [0, 0.05) is 13.1 Å². The number of hydrogen-bond donors (Lipinski definition) is 0. The molecule has 4 rings (SSSR count). The number of carbonyl (C=O) groups is 2. The highest BCUT2D eigenvalue weighted by atomic mass is 32.2. The standard InChI is InChI=1S/C25H26F3N3O3S/c1-2-34-23(33)18-10-12-30(13-11-18)22(32)16-35-24-29-20-14-19(25(26,27)28)8-9-21(20)31(24)15-17-6-4-3-5-7-17/h3-9,14,18H,2,10-13,15-16H2,1H3. The second kappa shape index (κ2) is 10.7. The van der Waals surface area contributed by atoms with E-state index in [4.69, 9.17) is 4.74 Å². The molecule has 0 aliphatic carbocycles. The molecular formula is C25H26F3N3O3S. The molecule has 10 heteroatoms. The molecule has 1 aliphatic heterocycles. The number of amides is 1. The lowest BCUT2D eigenvalue weighted by molar-refractivity contribution is -0.151. The molecule has 1 aromatic heterocycles. The summed E-state index contributed by atoms with van der Waals surface area (Å²) in [7, 11) is 0. The van der Waals surface area contributed by atoms with Crippen LogP contribution in [0.5, 0.6) is 0 Å². The van der Waals surface area contributed by atoms with Crippen LogP contribution >= 0.6 is 11.8 Å². The summed E-state index contributed by atoms with van der Waals surface area (Å²) in [4.78, 5) is 30.9. The van der Waals surface area contributed by atoms with Gasteiger partial charge in [0.2, 0.25) is 5.91 Å². The summed E-state index contributed by atoms with van der Waals surface area (Å²) in [5.74, 6) is -0.396. The topological polar surface area (TPSA) is 64.4 Å². The molecule has 0 N–H and O–H groups in total. The maximum absolute atomic E-state index is 13.2. The SMILES string of the molecule is CCOC(=O)C1CCN(C(=O)CSc2nc3cc(C(F)(F)F)ccc3n2Cc2ccccc2)CC1. The van der Waals surface area contributed by atoms with E-state index in [1.54, 1.807) is 11.8 Å². The monoisotopic (exact) mass is 505 g/mol. The highest BCUT2D eigenvalue weighted by Crippen LogP contribution is 2.33. The van der Waals surface area contributed by atoms with Crippen LogP contribution in [-0.4, -0.2) is 51.8 Å². The Hall–Kier alpha value is -3.01. The zero-order valence-corrected chi connectivity index (χ0v) is 20.1. The average molecular weight is 506 g/mol. The molecular weight excluding hydrogens is 479 g/mol. The van der Waals surface area contributed by atoms with E-state index < -0.39 is 11.7 Å². The van der Waals surface area contributed by atoms with Crippen molar-refractivity contribution in [3.05, 3.63) is 59.7 Å². The molecule has 1 fully saturated rings. The van der Waals surface area contributed by atoms with Gasteiger partial charge in [-0.05, 0) is 43.5 Å². The van der Waals surface area contributed by atoms with Gasteiger partial charge in [-0.1, -0.05) is 42.1 Å². The quantitative estimate of drug-likeness (QED) is 0.334. The van der Waals surface area contributed by atoms with Crippen LogP contribution in [0, 0.1) is 5.92 Å². The number of ether oxygens (including phenoxy) is 1. The molecule has 186 valence electrons. The molecule has 1 saturated heterocycles. The molecule has 3 aromatic rings. The Balaban J connectivity index is 1.50. The van der Waals surface area contributed by atoms with Gasteiger partial charge >= 0.3 is 12.1 Å². The van der Waals surface area contributed by atoms with Crippen molar-refractivity contribution in [2.75, 3.05) is 25.4 Å². The van der Waals surface area contributed by atoms with E-state index >= 15 is 0 Å². The summed E-state index contributed by atoms with van der Waals surface area (Å²) >= 11 is 1.21. The Kier molecular flexibility index (Phi) is 7.69. The largest absolute Gasteiger partial charge is 0.466 e. The number of nitrogens with zero attached hydrogens (tertiary/aromatic N) is 3. The van der Waals surface area contributed by atoms with Crippen LogP contribution in [-0.2, 0) is 27.0 Å². The van der Waals surface area contributed by atoms with Crippen LogP contribution in [0.3, 0.4) is 0 Å². The number of esters is 1. The lowest BCUT2D eigenvalue weighted by Gasteiger charge is -2.30. The lowest BCUT2D eigenvalue weighted by Crippen LogP contribution is -2.41. The number of benzene rings is 2. The Morgan fingerprint density at radius 3 is 2.49 bits per heavy atom. The van der Waals surface area contributed by atoms with Crippen LogP contribution in [0.25, 0.3) is 11.0 Å². The molecule has 2 aromatic carbocycles. The average Bonchev–Trinajstić information content (AvgIpc) is 3.19. The number of fused-ring (bicyclic) bond motifs is 1.